The Balaban J connectivity index is 0.533. The molecule has 18 nitrogen and oxygen atoms in total. The van der Waals surface area contributed by atoms with Crippen molar-refractivity contribution >= 4 is 156 Å². The van der Waals surface area contributed by atoms with Crippen molar-refractivity contribution in [1.82, 2.24) is 54.3 Å². The first-order valence-electron chi connectivity index (χ1n) is 46.2. The second-order valence-corrected chi connectivity index (χ2v) is 37.3. The number of fused-ring (bicyclic) bond motifs is 26. The predicted octanol–water partition coefficient (Wildman–Crippen LogP) is 19.8. The molecule has 1 saturated heterocycles. The van der Waals surface area contributed by atoms with Crippen molar-refractivity contribution in [2.75, 3.05) is 59.8 Å². The third kappa shape index (κ3) is 11.4. The Morgan fingerprint density at radius 3 is 1.80 bits per heavy atom. The molecule has 628 valence electrons. The van der Waals surface area contributed by atoms with E-state index in [9.17, 15) is 4.79 Å². The van der Waals surface area contributed by atoms with Crippen molar-refractivity contribution in [2.24, 2.45) is 17.0 Å². The first-order chi connectivity index (χ1) is 63.1. The molecule has 16 aromatic rings. The molecule has 28 rings (SSSR count). The number of nitrogens with one attached hydrogen (secondary N) is 4. The zero-order chi connectivity index (χ0) is 84.4. The molecule has 9 aromatic carbocycles. The van der Waals surface area contributed by atoms with Crippen LogP contribution in [0.5, 0.6) is 0 Å². The fourth-order valence-corrected chi connectivity index (χ4v) is 24.9. The molecule has 4 N–H and O–H groups in total. The third-order valence-electron chi connectivity index (χ3n) is 30.3. The molecule has 0 saturated carbocycles. The van der Waals surface area contributed by atoms with Crippen molar-refractivity contribution in [3.05, 3.63) is 293 Å². The lowest BCUT2D eigenvalue weighted by molar-refractivity contribution is -0.142. The molecule has 0 radical (unpaired) electrons. The van der Waals surface area contributed by atoms with Gasteiger partial charge in [-0.15, -0.1) is 0 Å². The van der Waals surface area contributed by atoms with E-state index in [0.29, 0.717) is 71.2 Å². The van der Waals surface area contributed by atoms with Crippen molar-refractivity contribution in [3.8, 4) is 11.4 Å². The van der Waals surface area contributed by atoms with Gasteiger partial charge in [0.1, 0.15) is 18.3 Å². The Labute approximate surface area is 737 Å². The molecule has 12 aliphatic rings. The van der Waals surface area contributed by atoms with Crippen molar-refractivity contribution in [1.29, 1.82) is 0 Å². The van der Waals surface area contributed by atoms with Gasteiger partial charge in [-0.3, -0.25) is 14.7 Å². The summed E-state index contributed by atoms with van der Waals surface area (Å²) in [5.41, 5.74) is 33.9. The molecular formula is C110H93N13O5. The van der Waals surface area contributed by atoms with Crippen LogP contribution in [-0.4, -0.2) is 138 Å². The van der Waals surface area contributed by atoms with E-state index < -0.39 is 0 Å². The number of nitrogens with zero attached hydrogens (tertiary/aromatic N) is 9. The summed E-state index contributed by atoms with van der Waals surface area (Å²) in [5.74, 6) is 1.57. The van der Waals surface area contributed by atoms with Crippen LogP contribution in [0.3, 0.4) is 0 Å². The minimum Gasteiger partial charge on any atom is -0.461 e. The summed E-state index contributed by atoms with van der Waals surface area (Å²) in [6.07, 6.45) is 39.0. The number of hydrogen-bond donors (Lipinski definition) is 4. The van der Waals surface area contributed by atoms with Crippen molar-refractivity contribution < 1.29 is 23.7 Å². The number of carbonyl (C=O) groups is 1. The molecule has 1 fully saturated rings. The molecule has 5 atom stereocenters. The maximum absolute atomic E-state index is 13.9. The number of benzene rings is 7. The number of carbonyl (C=O) groups excluding carboxylic acids is 1. The van der Waals surface area contributed by atoms with Gasteiger partial charge in [0.15, 0.2) is 0 Å². The summed E-state index contributed by atoms with van der Waals surface area (Å²) in [6.45, 7) is 6.08. The van der Waals surface area contributed by atoms with Crippen LogP contribution in [0.15, 0.2) is 180 Å². The first kappa shape index (κ1) is 74.8. The van der Waals surface area contributed by atoms with E-state index >= 15 is 0 Å². The molecule has 15 heterocycles. The number of ether oxygens (including phenoxy) is 4. The van der Waals surface area contributed by atoms with Gasteiger partial charge in [0.05, 0.1) is 77.0 Å². The smallest absolute Gasteiger partial charge is 0.306 e. The molecule has 18 heteroatoms. The summed E-state index contributed by atoms with van der Waals surface area (Å²) < 4.78 is 27.2. The number of H-pyrrole nitrogens is 4. The number of rotatable bonds is 4. The zero-order valence-corrected chi connectivity index (χ0v) is 71.9. The molecule has 4 aliphatic carbocycles. The van der Waals surface area contributed by atoms with Crippen LogP contribution < -0.4 is 10.7 Å². The topological polar surface area (TPSA) is 214 Å². The lowest BCUT2D eigenvalue weighted by Crippen LogP contribution is -2.22. The molecule has 0 amide bonds. The lowest BCUT2D eigenvalue weighted by Gasteiger charge is -2.32. The number of hydrogen-bond acceptors (Lipinski definition) is 13. The van der Waals surface area contributed by atoms with E-state index in [1.54, 1.807) is 120 Å². The number of aromatic nitrogens is 10. The number of aliphatic imine (C=N–C) groups is 2. The zero-order valence-electron chi connectivity index (χ0n) is 71.9. The van der Waals surface area contributed by atoms with Crippen LogP contribution in [0, 0.1) is 6.92 Å². The van der Waals surface area contributed by atoms with E-state index in [0.717, 1.165) is 199 Å². The van der Waals surface area contributed by atoms with E-state index in [4.69, 9.17) is 53.9 Å². The Morgan fingerprint density at radius 2 is 1.09 bits per heavy atom. The number of esters is 1. The number of likely N-dealkylation sites (N-methyl/N-ethyl adjacent to an activating group) is 1. The van der Waals surface area contributed by atoms with Crippen LogP contribution in [-0.2, 0) is 69.3 Å². The summed E-state index contributed by atoms with van der Waals surface area (Å²) in [6, 6.07) is 39.8. The van der Waals surface area contributed by atoms with Crippen molar-refractivity contribution in [3.63, 3.8) is 0 Å². The van der Waals surface area contributed by atoms with Crippen LogP contribution >= 0.6 is 0 Å². The average molecular weight is 1680 g/mol. The first-order valence-corrected chi connectivity index (χ1v) is 46.2. The quantitative estimate of drug-likeness (QED) is 0.0739. The molecular weight excluding hydrogens is 1580 g/mol. The fourth-order valence-electron chi connectivity index (χ4n) is 24.9. The monoisotopic (exact) mass is 1680 g/mol. The average Bonchev–Trinajstić information content (AvgIpc) is 1.46. The van der Waals surface area contributed by atoms with Crippen LogP contribution in [0.4, 0.5) is 0 Å². The Hall–Kier alpha value is -13.4. The van der Waals surface area contributed by atoms with E-state index in [-0.39, 0.29) is 42.9 Å². The maximum atomic E-state index is 13.9. The number of aryl methyl sites for hydroxylation is 6. The van der Waals surface area contributed by atoms with Crippen LogP contribution in [0.2, 0.25) is 0 Å². The van der Waals surface area contributed by atoms with E-state index in [2.05, 4.69) is 172 Å². The molecule has 128 heavy (non-hydrogen) atoms. The highest BCUT2D eigenvalue weighted by atomic mass is 16.5. The summed E-state index contributed by atoms with van der Waals surface area (Å²) >= 11 is 0. The van der Waals surface area contributed by atoms with Gasteiger partial charge in [0.2, 0.25) is 0 Å². The van der Waals surface area contributed by atoms with Gasteiger partial charge in [-0.05, 0) is 337 Å². The maximum Gasteiger partial charge on any atom is 0.306 e. The largest absolute Gasteiger partial charge is 0.461 e. The normalized spacial score (nSPS) is 22.4. The highest BCUT2D eigenvalue weighted by Crippen LogP contribution is 2.67. The van der Waals surface area contributed by atoms with Gasteiger partial charge in [0, 0.05) is 149 Å². The predicted molar refractivity (Wildman–Crippen MR) is 511 cm³/mol. The molecule has 5 unspecified atom stereocenters. The molecule has 7 aromatic heterocycles. The second kappa shape index (κ2) is 29.1. The number of imidazole rings is 1. The summed E-state index contributed by atoms with van der Waals surface area (Å²) in [5, 5.41) is 24.1. The SMILES string of the molecule is Cc1c2nc(c3c4ccc([nH]4)c(-c4nccn4C)c4nc(c(c5ccc1[nH]5)CCC(=O)OC/C=C\COCCC/C1=C5\C=CC(=N5)/C(c5ccc(C6C7c8cc9c%10c%11c(cc%12c%13c%14c(cc%15c%16c%17c(cc(c%18c8c%10c(c%17%18)c(c%14%16)c%13%11)C7CN6C)C%15)CC%12)C9)cc5)=c5/ccc([nH]5)=C(CCCOC/C=C\COCCC3)C3=NC(CC3)C(c3ncccn3)c3ccc1[nH]3)C=C4)C=C2. The molecule has 8 aliphatic heterocycles. The number of likely N-dealkylation sites (tertiary alicyclic amines) is 1. The minimum atomic E-state index is -0.313. The fraction of sp³-hybridized carbons (Fsp3) is 0.273. The second-order valence-electron chi connectivity index (χ2n) is 37.3. The standard InChI is InChI=1S/C110H93N13O5/c1-57-73-22-24-75(114-73)66-12-8-46-125-43-4-5-44-126-47-9-13-67-76-26-32-83(116-76)90(58-15-17-59(18-16-58)108-97-71-55-65-53-63-51-61-20-19-60-50-62-52-64-54-70(72(97)56-123(108)3)98-99(71)105-96(65)94(63)103-92(61)91(60)102-93(62)95(64)104(98)107(105)106(102)103)84-33-27-77(117-84)68(79-29-35-86(119-79)100(85-34-28-78(67)118-85)109-111-39-11-40-112-109)14-10-48-127-45-6-7-49-128-89(124)38-21-69(81-25-23-74(57)115-81)82-31-37-88(121-82)101(87-36-30-80(66)120-87)110-113-41-42-122(110)2/h4-7,11,15-18,22-27,29-33,35-37,39-42,50-51,54-55,72,85,97,100,108,115-116,119-120H,8-10,12-14,19-21,28,34,38,43-49,52-53,56H2,1-3H3/b5-4-,7-6-,73-57?,74-57?,75-66?,76-67?,77-68-,80-66?,81-69?,82-69?,90-83-,101-87?,101-88?. The minimum absolute atomic E-state index is 0.112. The highest BCUT2D eigenvalue weighted by Gasteiger charge is 2.50. The van der Waals surface area contributed by atoms with Gasteiger partial charge in [-0.1, -0.05) is 66.8 Å². The van der Waals surface area contributed by atoms with Gasteiger partial charge < -0.3 is 43.5 Å². The van der Waals surface area contributed by atoms with E-state index in [1.807, 2.05) is 66.8 Å². The van der Waals surface area contributed by atoms with Gasteiger partial charge >= 0.3 is 5.97 Å². The van der Waals surface area contributed by atoms with Crippen molar-refractivity contribution in [2.45, 2.75) is 127 Å². The Morgan fingerprint density at radius 1 is 0.484 bits per heavy atom. The van der Waals surface area contributed by atoms with Gasteiger partial charge in [-0.25, -0.2) is 29.9 Å². The number of aromatic amines is 4. The van der Waals surface area contributed by atoms with Gasteiger partial charge in [0.25, 0.3) is 0 Å². The Kier molecular flexibility index (Phi) is 17.0. The highest BCUT2D eigenvalue weighted by molar-refractivity contribution is 6.57. The van der Waals surface area contributed by atoms with Crippen LogP contribution in [0.25, 0.3) is 150 Å². The van der Waals surface area contributed by atoms with Crippen LogP contribution in [0.1, 0.15) is 187 Å². The summed E-state index contributed by atoms with van der Waals surface area (Å²) in [4.78, 5) is 69.2. The lowest BCUT2D eigenvalue weighted by atomic mass is 9.71. The Bertz CT molecular complexity index is 8040. The molecule has 20 bridgehead atoms. The molecule has 0 spiro atoms. The number of allylic oxidation sites excluding steroid dienone is 3. The van der Waals surface area contributed by atoms with Gasteiger partial charge in [-0.2, -0.15) is 0 Å². The third-order valence-corrected chi connectivity index (χ3v) is 30.3. The van der Waals surface area contributed by atoms with E-state index in [1.165, 1.54) is 11.1 Å². The summed E-state index contributed by atoms with van der Waals surface area (Å²) in [7, 11) is 4.40.